The van der Waals surface area contributed by atoms with Gasteiger partial charge in [0.1, 0.15) is 0 Å². The summed E-state index contributed by atoms with van der Waals surface area (Å²) in [5.74, 6) is -1.71. The molecular weight excluding hydrogens is 184 g/mol. The molecule has 14 heavy (non-hydrogen) atoms. The molecule has 0 aromatic rings. The van der Waals surface area contributed by atoms with E-state index in [9.17, 15) is 9.59 Å². The molecule has 4 heteroatoms. The Morgan fingerprint density at radius 3 is 1.93 bits per heavy atom. The maximum atomic E-state index is 10.5. The Morgan fingerprint density at radius 2 is 1.50 bits per heavy atom. The van der Waals surface area contributed by atoms with E-state index in [0.717, 1.165) is 12.0 Å². The first kappa shape index (κ1) is 12.7. The Hall–Kier alpha value is -1.32. The normalized spacial score (nSPS) is 12.1. The summed E-state index contributed by atoms with van der Waals surface area (Å²) in [5.41, 5.74) is 1.18. The molecule has 0 saturated carbocycles. The number of carbonyl (C=O) groups is 2. The highest BCUT2D eigenvalue weighted by molar-refractivity contribution is 5.86. The minimum Gasteiger partial charge on any atom is -0.481 e. The van der Waals surface area contributed by atoms with E-state index in [-0.39, 0.29) is 6.42 Å². The van der Waals surface area contributed by atoms with Crippen LogP contribution in [0.4, 0.5) is 0 Å². The highest BCUT2D eigenvalue weighted by atomic mass is 16.4. The summed E-state index contributed by atoms with van der Waals surface area (Å²) in [6, 6.07) is 0. The van der Waals surface area contributed by atoms with Crippen LogP contribution < -0.4 is 0 Å². The van der Waals surface area contributed by atoms with Gasteiger partial charge < -0.3 is 10.2 Å². The van der Waals surface area contributed by atoms with E-state index >= 15 is 0 Å². The Balaban J connectivity index is 3.84. The Bertz CT molecular complexity index is 253. The molecule has 0 saturated heterocycles. The second kappa shape index (κ2) is 6.18. The predicted octanol–water partition coefficient (Wildman–Crippen LogP) is 2.05. The van der Waals surface area contributed by atoms with Gasteiger partial charge in [-0.05, 0) is 33.1 Å². The van der Waals surface area contributed by atoms with E-state index in [2.05, 4.69) is 0 Å². The quantitative estimate of drug-likeness (QED) is 0.508. The van der Waals surface area contributed by atoms with E-state index in [1.54, 1.807) is 13.8 Å². The number of carboxylic acids is 2. The van der Waals surface area contributed by atoms with E-state index < -0.39 is 11.9 Å². The van der Waals surface area contributed by atoms with Crippen LogP contribution in [-0.2, 0) is 9.59 Å². The number of hydrogen-bond donors (Lipinski definition) is 2. The van der Waals surface area contributed by atoms with E-state index in [4.69, 9.17) is 10.2 Å². The Labute approximate surface area is 83.2 Å². The fourth-order valence-corrected chi connectivity index (χ4v) is 1.04. The lowest BCUT2D eigenvalue weighted by Gasteiger charge is -2.02. The van der Waals surface area contributed by atoms with E-state index in [0.29, 0.717) is 18.4 Å². The molecule has 0 rings (SSSR count). The minimum atomic E-state index is -0.902. The monoisotopic (exact) mass is 200 g/mol. The van der Waals surface area contributed by atoms with Crippen LogP contribution >= 0.6 is 0 Å². The van der Waals surface area contributed by atoms with Crippen LogP contribution in [0.25, 0.3) is 0 Å². The third kappa shape index (κ3) is 5.35. The van der Waals surface area contributed by atoms with Gasteiger partial charge in [0.2, 0.25) is 0 Å². The lowest BCUT2D eigenvalue weighted by Crippen LogP contribution is -2.00. The van der Waals surface area contributed by atoms with Gasteiger partial charge in [-0.2, -0.15) is 0 Å². The smallest absolute Gasteiger partial charge is 0.331 e. The molecule has 0 amide bonds. The van der Waals surface area contributed by atoms with Crippen LogP contribution in [0.2, 0.25) is 0 Å². The molecule has 0 heterocycles. The van der Waals surface area contributed by atoms with Gasteiger partial charge >= 0.3 is 11.9 Å². The predicted molar refractivity (Wildman–Crippen MR) is 52.1 cm³/mol. The van der Waals surface area contributed by atoms with Crippen LogP contribution in [0.5, 0.6) is 0 Å². The van der Waals surface area contributed by atoms with Crippen molar-refractivity contribution in [1.82, 2.24) is 0 Å². The van der Waals surface area contributed by atoms with Crippen LogP contribution in [0.1, 0.15) is 39.5 Å². The summed E-state index contributed by atoms with van der Waals surface area (Å²) in [6.07, 6.45) is 2.13. The molecule has 0 spiro atoms. The van der Waals surface area contributed by atoms with Gasteiger partial charge in [0.15, 0.2) is 0 Å². The van der Waals surface area contributed by atoms with Gasteiger partial charge in [-0.15, -0.1) is 0 Å². The number of allylic oxidation sites excluding steroid dienone is 1. The Morgan fingerprint density at radius 1 is 1.00 bits per heavy atom. The van der Waals surface area contributed by atoms with Crippen LogP contribution in [0, 0.1) is 0 Å². The zero-order chi connectivity index (χ0) is 11.1. The SMILES string of the molecule is C/C(CCCCC(=O)O)=C(/C)C(=O)O. The highest BCUT2D eigenvalue weighted by Gasteiger charge is 2.05. The average Bonchev–Trinajstić information content (AvgIpc) is 2.10. The van der Waals surface area contributed by atoms with Crippen molar-refractivity contribution in [3.63, 3.8) is 0 Å². The second-order valence-corrected chi connectivity index (χ2v) is 3.31. The lowest BCUT2D eigenvalue weighted by molar-refractivity contribution is -0.137. The first-order chi connectivity index (χ1) is 6.45. The van der Waals surface area contributed by atoms with Crippen LogP contribution in [0.15, 0.2) is 11.1 Å². The van der Waals surface area contributed by atoms with Gasteiger partial charge in [-0.3, -0.25) is 4.79 Å². The maximum absolute atomic E-state index is 10.5. The molecule has 0 aliphatic rings. The highest BCUT2D eigenvalue weighted by Crippen LogP contribution is 2.12. The van der Waals surface area contributed by atoms with Crippen molar-refractivity contribution in [2.45, 2.75) is 39.5 Å². The molecule has 0 atom stereocenters. The lowest BCUT2D eigenvalue weighted by atomic mass is 10.0. The standard InChI is InChI=1S/C10H16O4/c1-7(8(2)10(13)14)5-3-4-6-9(11)12/h3-6H2,1-2H3,(H,11,12)(H,13,14)/b8-7+. The summed E-state index contributed by atoms with van der Waals surface area (Å²) in [7, 11) is 0. The van der Waals surface area contributed by atoms with Crippen molar-refractivity contribution < 1.29 is 19.8 Å². The van der Waals surface area contributed by atoms with Crippen molar-refractivity contribution in [3.05, 3.63) is 11.1 Å². The topological polar surface area (TPSA) is 74.6 Å². The summed E-state index contributed by atoms with van der Waals surface area (Å²) >= 11 is 0. The van der Waals surface area contributed by atoms with Crippen LogP contribution in [-0.4, -0.2) is 22.2 Å². The number of unbranched alkanes of at least 4 members (excludes halogenated alkanes) is 1. The molecule has 0 unspecified atom stereocenters. The number of hydrogen-bond acceptors (Lipinski definition) is 2. The average molecular weight is 200 g/mol. The van der Waals surface area contributed by atoms with Crippen molar-refractivity contribution in [2.75, 3.05) is 0 Å². The van der Waals surface area contributed by atoms with Gasteiger partial charge in [0.25, 0.3) is 0 Å². The summed E-state index contributed by atoms with van der Waals surface area (Å²) in [6.45, 7) is 3.33. The third-order valence-electron chi connectivity index (χ3n) is 2.15. The number of rotatable bonds is 6. The molecular formula is C10H16O4. The Kier molecular flexibility index (Phi) is 5.60. The maximum Gasteiger partial charge on any atom is 0.331 e. The van der Waals surface area contributed by atoms with Crippen molar-refractivity contribution in [3.8, 4) is 0 Å². The second-order valence-electron chi connectivity index (χ2n) is 3.31. The minimum absolute atomic E-state index is 0.152. The molecule has 0 aromatic heterocycles. The molecule has 0 bridgehead atoms. The first-order valence-electron chi connectivity index (χ1n) is 4.56. The van der Waals surface area contributed by atoms with Crippen molar-refractivity contribution in [2.24, 2.45) is 0 Å². The zero-order valence-electron chi connectivity index (χ0n) is 8.54. The number of aliphatic carboxylic acids is 2. The van der Waals surface area contributed by atoms with E-state index in [1.807, 2.05) is 0 Å². The first-order valence-corrected chi connectivity index (χ1v) is 4.56. The van der Waals surface area contributed by atoms with Crippen molar-refractivity contribution in [1.29, 1.82) is 0 Å². The fraction of sp³-hybridized carbons (Fsp3) is 0.600. The summed E-state index contributed by atoms with van der Waals surface area (Å²) in [4.78, 5) is 20.7. The zero-order valence-corrected chi connectivity index (χ0v) is 8.54. The van der Waals surface area contributed by atoms with Crippen molar-refractivity contribution >= 4 is 11.9 Å². The van der Waals surface area contributed by atoms with Gasteiger partial charge in [0.05, 0.1) is 0 Å². The van der Waals surface area contributed by atoms with Crippen LogP contribution in [0.3, 0.4) is 0 Å². The summed E-state index contributed by atoms with van der Waals surface area (Å²) in [5, 5.41) is 17.0. The molecule has 0 fully saturated rings. The molecule has 0 aromatic carbocycles. The summed E-state index contributed by atoms with van der Waals surface area (Å²) < 4.78 is 0. The number of carboxylic acid groups (broad SMARTS) is 2. The largest absolute Gasteiger partial charge is 0.481 e. The van der Waals surface area contributed by atoms with Gasteiger partial charge in [-0.1, -0.05) is 5.57 Å². The molecule has 4 nitrogen and oxygen atoms in total. The molecule has 80 valence electrons. The van der Waals surface area contributed by atoms with E-state index in [1.165, 1.54) is 0 Å². The van der Waals surface area contributed by atoms with Gasteiger partial charge in [-0.25, -0.2) is 4.79 Å². The van der Waals surface area contributed by atoms with Gasteiger partial charge in [0, 0.05) is 12.0 Å². The fourth-order valence-electron chi connectivity index (χ4n) is 1.04. The molecule has 0 radical (unpaired) electrons. The molecule has 2 N–H and O–H groups in total. The molecule has 0 aliphatic carbocycles. The molecule has 0 aliphatic heterocycles. The third-order valence-corrected chi connectivity index (χ3v) is 2.15.